The average Bonchev–Trinajstić information content (AvgIpc) is 2.15. The number of phenols is 1. The molecule has 84 valence electrons. The lowest BCUT2D eigenvalue weighted by atomic mass is 10.2. The molecule has 0 saturated heterocycles. The first-order chi connectivity index (χ1) is 7.56. The van der Waals surface area contributed by atoms with Gasteiger partial charge in [-0.05, 0) is 12.1 Å². The van der Waals surface area contributed by atoms with E-state index in [1.165, 1.54) is 17.0 Å². The molecule has 0 aromatic heterocycles. The van der Waals surface area contributed by atoms with Crippen LogP contribution in [0.1, 0.15) is 0 Å². The predicted molar refractivity (Wildman–Crippen MR) is 56.6 cm³/mol. The third kappa shape index (κ3) is 1.90. The van der Waals surface area contributed by atoms with Gasteiger partial charge in [0.05, 0.1) is 17.9 Å². The van der Waals surface area contributed by atoms with Crippen LogP contribution in [0.2, 0.25) is 0 Å². The molecule has 0 atom stereocenters. The van der Waals surface area contributed by atoms with Crippen LogP contribution in [0.4, 0.5) is 11.4 Å². The second kappa shape index (κ2) is 3.73. The Morgan fingerprint density at radius 1 is 1.50 bits per heavy atom. The van der Waals surface area contributed by atoms with Crippen LogP contribution in [0, 0.1) is 0 Å². The summed E-state index contributed by atoms with van der Waals surface area (Å²) in [5, 5.41) is 20.5. The van der Waals surface area contributed by atoms with Gasteiger partial charge in [0.15, 0.2) is 0 Å². The molecule has 0 spiro atoms. The summed E-state index contributed by atoms with van der Waals surface area (Å²) in [6, 6.07) is 4.42. The Morgan fingerprint density at radius 3 is 2.94 bits per heavy atom. The Kier molecular flexibility index (Phi) is 2.40. The van der Waals surface area contributed by atoms with Crippen molar-refractivity contribution in [1.82, 2.24) is 0 Å². The largest absolute Gasteiger partial charge is 0.508 e. The molecule has 0 radical (unpaired) electrons. The number of rotatable bonds is 2. The molecule has 3 N–H and O–H groups in total. The van der Waals surface area contributed by atoms with E-state index >= 15 is 0 Å². The van der Waals surface area contributed by atoms with Gasteiger partial charge >= 0.3 is 5.97 Å². The van der Waals surface area contributed by atoms with Crippen LogP contribution in [0.15, 0.2) is 18.2 Å². The SMILES string of the molecule is O=C(O)CN1CC(=O)Nc2cc(O)ccc21. The van der Waals surface area contributed by atoms with E-state index in [1.807, 2.05) is 0 Å². The molecule has 0 saturated carbocycles. The van der Waals surface area contributed by atoms with Crippen LogP contribution in [-0.2, 0) is 9.59 Å². The van der Waals surface area contributed by atoms with Gasteiger partial charge in [-0.15, -0.1) is 0 Å². The quantitative estimate of drug-likeness (QED) is 0.666. The second-order valence-corrected chi connectivity index (χ2v) is 3.50. The number of nitrogens with zero attached hydrogens (tertiary/aromatic N) is 1. The predicted octanol–water partition coefficient (Wildman–Crippen LogP) is 0.235. The van der Waals surface area contributed by atoms with E-state index < -0.39 is 5.97 Å². The third-order valence-electron chi connectivity index (χ3n) is 2.26. The first-order valence-electron chi connectivity index (χ1n) is 4.66. The average molecular weight is 222 g/mol. The van der Waals surface area contributed by atoms with Crippen LogP contribution in [0.5, 0.6) is 5.75 Å². The molecular formula is C10H10N2O4. The number of aliphatic carboxylic acids is 1. The minimum atomic E-state index is -1.01. The number of carbonyl (C=O) groups is 2. The van der Waals surface area contributed by atoms with Gasteiger partial charge in [0.25, 0.3) is 0 Å². The van der Waals surface area contributed by atoms with Crippen molar-refractivity contribution in [3.05, 3.63) is 18.2 Å². The summed E-state index contributed by atoms with van der Waals surface area (Å²) in [5.41, 5.74) is 1.03. The number of hydrogen-bond donors (Lipinski definition) is 3. The highest BCUT2D eigenvalue weighted by Gasteiger charge is 2.23. The van der Waals surface area contributed by atoms with E-state index in [9.17, 15) is 14.7 Å². The molecule has 0 aliphatic carbocycles. The van der Waals surface area contributed by atoms with Gasteiger partial charge in [-0.25, -0.2) is 0 Å². The van der Waals surface area contributed by atoms with Crippen molar-refractivity contribution in [3.63, 3.8) is 0 Å². The molecule has 0 unspecified atom stereocenters. The number of amides is 1. The number of aromatic hydroxyl groups is 1. The Bertz CT molecular complexity index is 458. The van der Waals surface area contributed by atoms with Gasteiger partial charge < -0.3 is 20.4 Å². The molecule has 1 heterocycles. The molecule has 1 aromatic rings. The number of hydrogen-bond acceptors (Lipinski definition) is 4. The smallest absolute Gasteiger partial charge is 0.323 e. The van der Waals surface area contributed by atoms with Gasteiger partial charge in [0, 0.05) is 6.07 Å². The highest BCUT2D eigenvalue weighted by atomic mass is 16.4. The zero-order chi connectivity index (χ0) is 11.7. The molecule has 1 amide bonds. The lowest BCUT2D eigenvalue weighted by molar-refractivity contribution is -0.135. The number of carboxylic acids is 1. The summed E-state index contributed by atoms with van der Waals surface area (Å²) in [4.78, 5) is 23.4. The van der Waals surface area contributed by atoms with Crippen molar-refractivity contribution < 1.29 is 19.8 Å². The molecule has 6 nitrogen and oxygen atoms in total. The van der Waals surface area contributed by atoms with Crippen LogP contribution < -0.4 is 10.2 Å². The molecule has 6 heteroatoms. The summed E-state index contributed by atoms with van der Waals surface area (Å²) in [6.45, 7) is -0.241. The van der Waals surface area contributed by atoms with E-state index in [2.05, 4.69) is 5.32 Å². The standard InChI is InChI=1S/C10H10N2O4/c13-6-1-2-8-7(3-6)11-9(14)4-12(8)5-10(15)16/h1-3,13H,4-5H2,(H,11,14)(H,15,16). The van der Waals surface area contributed by atoms with E-state index in [-0.39, 0.29) is 24.7 Å². The number of anilines is 2. The lowest BCUT2D eigenvalue weighted by Gasteiger charge is -2.29. The first kappa shape index (κ1) is 10.3. The van der Waals surface area contributed by atoms with Crippen molar-refractivity contribution in [1.29, 1.82) is 0 Å². The molecule has 0 fully saturated rings. The summed E-state index contributed by atoms with van der Waals surface area (Å²) in [5.74, 6) is -1.27. The number of fused-ring (bicyclic) bond motifs is 1. The minimum absolute atomic E-state index is 0.00404. The first-order valence-corrected chi connectivity index (χ1v) is 4.66. The van der Waals surface area contributed by atoms with Crippen molar-refractivity contribution in [2.45, 2.75) is 0 Å². The van der Waals surface area contributed by atoms with Gasteiger partial charge in [-0.2, -0.15) is 0 Å². The Morgan fingerprint density at radius 2 is 2.25 bits per heavy atom. The molecule has 1 aliphatic rings. The van der Waals surface area contributed by atoms with Crippen LogP contribution in [-0.4, -0.2) is 35.2 Å². The summed E-state index contributed by atoms with van der Waals surface area (Å²) in [7, 11) is 0. The molecule has 1 aliphatic heterocycles. The highest BCUT2D eigenvalue weighted by molar-refractivity contribution is 6.02. The summed E-state index contributed by atoms with van der Waals surface area (Å²) < 4.78 is 0. The topological polar surface area (TPSA) is 89.9 Å². The van der Waals surface area contributed by atoms with Crippen molar-refractivity contribution in [2.24, 2.45) is 0 Å². The van der Waals surface area contributed by atoms with E-state index in [4.69, 9.17) is 5.11 Å². The molecule has 0 bridgehead atoms. The van der Waals surface area contributed by atoms with Crippen LogP contribution >= 0.6 is 0 Å². The number of nitrogens with one attached hydrogen (secondary N) is 1. The van der Waals surface area contributed by atoms with Gasteiger partial charge in [-0.1, -0.05) is 0 Å². The summed E-state index contributed by atoms with van der Waals surface area (Å²) in [6.07, 6.45) is 0. The molecule has 2 rings (SSSR count). The lowest BCUT2D eigenvalue weighted by Crippen LogP contribution is -2.41. The maximum Gasteiger partial charge on any atom is 0.323 e. The van der Waals surface area contributed by atoms with E-state index in [0.29, 0.717) is 11.4 Å². The fraction of sp³-hybridized carbons (Fsp3) is 0.200. The zero-order valence-electron chi connectivity index (χ0n) is 8.30. The fourth-order valence-corrected chi connectivity index (χ4v) is 1.65. The van der Waals surface area contributed by atoms with Gasteiger partial charge in [0.2, 0.25) is 5.91 Å². The maximum atomic E-state index is 11.3. The molecule has 1 aromatic carbocycles. The van der Waals surface area contributed by atoms with Crippen molar-refractivity contribution in [3.8, 4) is 5.75 Å². The zero-order valence-corrected chi connectivity index (χ0v) is 8.30. The third-order valence-corrected chi connectivity index (χ3v) is 2.26. The number of benzene rings is 1. The second-order valence-electron chi connectivity index (χ2n) is 3.50. The Labute approximate surface area is 91.1 Å². The number of phenolic OH excluding ortho intramolecular Hbond substituents is 1. The fourth-order valence-electron chi connectivity index (χ4n) is 1.65. The van der Waals surface area contributed by atoms with E-state index in [0.717, 1.165) is 0 Å². The maximum absolute atomic E-state index is 11.3. The van der Waals surface area contributed by atoms with Gasteiger partial charge in [-0.3, -0.25) is 9.59 Å². The molecule has 16 heavy (non-hydrogen) atoms. The molecular weight excluding hydrogens is 212 g/mol. The number of carboxylic acid groups (broad SMARTS) is 1. The Balaban J connectivity index is 2.37. The number of carbonyl (C=O) groups excluding carboxylic acids is 1. The van der Waals surface area contributed by atoms with Crippen LogP contribution in [0.3, 0.4) is 0 Å². The summed E-state index contributed by atoms with van der Waals surface area (Å²) >= 11 is 0. The van der Waals surface area contributed by atoms with Crippen molar-refractivity contribution >= 4 is 23.3 Å². The minimum Gasteiger partial charge on any atom is -0.508 e. The van der Waals surface area contributed by atoms with Crippen molar-refractivity contribution in [2.75, 3.05) is 23.3 Å². The normalized spacial score (nSPS) is 14.2. The van der Waals surface area contributed by atoms with Gasteiger partial charge in [0.1, 0.15) is 12.3 Å². The highest BCUT2D eigenvalue weighted by Crippen LogP contribution is 2.32. The van der Waals surface area contributed by atoms with Crippen LogP contribution in [0.25, 0.3) is 0 Å². The Hall–Kier alpha value is -2.24. The monoisotopic (exact) mass is 222 g/mol. The van der Waals surface area contributed by atoms with E-state index in [1.54, 1.807) is 6.07 Å².